The molecular weight excluding hydrogens is 304 g/mol. The highest BCUT2D eigenvalue weighted by Gasteiger charge is 2.56. The Morgan fingerprint density at radius 1 is 1.58 bits per heavy atom. The van der Waals surface area contributed by atoms with Gasteiger partial charge in [0.05, 0.1) is 5.60 Å². The Balaban J connectivity index is 2.36. The van der Waals surface area contributed by atoms with Gasteiger partial charge in [0, 0.05) is 21.6 Å². The molecule has 0 amide bonds. The SMILES string of the molecule is C=C1C[C@@]2(C)C=C[C@@H]1[C@](C)(CC(Br)C(C)(C)O)C2=O. The third kappa shape index (κ3) is 2.25. The van der Waals surface area contributed by atoms with Crippen LogP contribution in [0.1, 0.15) is 40.5 Å². The first-order valence-corrected chi connectivity index (χ1v) is 7.71. The third-order valence-corrected chi connectivity index (χ3v) is 6.23. The summed E-state index contributed by atoms with van der Waals surface area (Å²) in [6.07, 6.45) is 5.57. The number of hydrogen-bond acceptors (Lipinski definition) is 2. The van der Waals surface area contributed by atoms with Crippen LogP contribution in [0.25, 0.3) is 0 Å². The average molecular weight is 327 g/mol. The number of halogens is 1. The van der Waals surface area contributed by atoms with Crippen molar-refractivity contribution in [2.75, 3.05) is 0 Å². The molecule has 0 aromatic heterocycles. The first-order chi connectivity index (χ1) is 8.51. The number of fused-ring (bicyclic) bond motifs is 2. The highest BCUT2D eigenvalue weighted by atomic mass is 79.9. The zero-order chi connectivity index (χ0) is 14.6. The van der Waals surface area contributed by atoms with E-state index in [9.17, 15) is 9.90 Å². The van der Waals surface area contributed by atoms with Crippen LogP contribution in [0.5, 0.6) is 0 Å². The number of allylic oxidation sites excluding steroid dienone is 3. The molecule has 1 N–H and O–H groups in total. The number of carbonyl (C=O) groups excluding carboxylic acids is 1. The van der Waals surface area contributed by atoms with Crippen LogP contribution in [-0.4, -0.2) is 21.3 Å². The number of rotatable bonds is 3. The van der Waals surface area contributed by atoms with Crippen molar-refractivity contribution in [2.45, 2.75) is 51.0 Å². The van der Waals surface area contributed by atoms with E-state index in [1.54, 1.807) is 13.8 Å². The van der Waals surface area contributed by atoms with Crippen LogP contribution in [0.3, 0.4) is 0 Å². The first-order valence-electron chi connectivity index (χ1n) is 6.79. The van der Waals surface area contributed by atoms with Crippen molar-refractivity contribution in [3.05, 3.63) is 24.3 Å². The Morgan fingerprint density at radius 3 is 2.63 bits per heavy atom. The van der Waals surface area contributed by atoms with Gasteiger partial charge < -0.3 is 5.11 Å². The van der Waals surface area contributed by atoms with E-state index in [2.05, 4.69) is 28.6 Å². The molecule has 0 aliphatic heterocycles. The summed E-state index contributed by atoms with van der Waals surface area (Å²) in [4.78, 5) is 12.7. The lowest BCUT2D eigenvalue weighted by Gasteiger charge is -2.52. The first kappa shape index (κ1) is 15.0. The van der Waals surface area contributed by atoms with Gasteiger partial charge in [0.2, 0.25) is 0 Å². The number of carbonyl (C=O) groups is 1. The van der Waals surface area contributed by atoms with Crippen LogP contribution in [-0.2, 0) is 4.79 Å². The molecule has 2 nitrogen and oxygen atoms in total. The van der Waals surface area contributed by atoms with Crippen molar-refractivity contribution < 1.29 is 9.90 Å². The van der Waals surface area contributed by atoms with Crippen molar-refractivity contribution in [1.29, 1.82) is 0 Å². The predicted octanol–water partition coefficient (Wildman–Crippen LogP) is 3.64. The quantitative estimate of drug-likeness (QED) is 0.635. The van der Waals surface area contributed by atoms with Gasteiger partial charge in [-0.3, -0.25) is 4.79 Å². The van der Waals surface area contributed by atoms with E-state index in [1.807, 2.05) is 19.9 Å². The molecule has 0 aromatic rings. The van der Waals surface area contributed by atoms with Gasteiger partial charge in [-0.2, -0.15) is 0 Å². The van der Waals surface area contributed by atoms with E-state index in [0.717, 1.165) is 12.0 Å². The molecule has 1 fully saturated rings. The number of Topliss-reactive ketones (excluding diaryl/α,β-unsaturated/α-hetero) is 1. The Labute approximate surface area is 124 Å². The van der Waals surface area contributed by atoms with E-state index >= 15 is 0 Å². The zero-order valence-electron chi connectivity index (χ0n) is 12.2. The maximum absolute atomic E-state index is 12.8. The summed E-state index contributed by atoms with van der Waals surface area (Å²) in [7, 11) is 0. The minimum atomic E-state index is -0.841. The smallest absolute Gasteiger partial charge is 0.149 e. The zero-order valence-corrected chi connectivity index (χ0v) is 13.8. The largest absolute Gasteiger partial charge is 0.389 e. The molecule has 106 valence electrons. The van der Waals surface area contributed by atoms with Crippen molar-refractivity contribution in [3.63, 3.8) is 0 Å². The van der Waals surface area contributed by atoms with Crippen molar-refractivity contribution in [3.8, 4) is 0 Å². The second-order valence-corrected chi connectivity index (χ2v) is 8.27. The molecule has 1 unspecified atom stereocenters. The van der Waals surface area contributed by atoms with E-state index in [0.29, 0.717) is 6.42 Å². The van der Waals surface area contributed by atoms with Crippen molar-refractivity contribution in [1.82, 2.24) is 0 Å². The predicted molar refractivity (Wildman–Crippen MR) is 81.2 cm³/mol. The van der Waals surface area contributed by atoms with E-state index in [-0.39, 0.29) is 16.5 Å². The van der Waals surface area contributed by atoms with E-state index in [1.165, 1.54) is 0 Å². The van der Waals surface area contributed by atoms with Crippen molar-refractivity contribution in [2.24, 2.45) is 16.7 Å². The highest BCUT2D eigenvalue weighted by molar-refractivity contribution is 9.09. The number of ketones is 1. The molecule has 0 aromatic carbocycles. The Bertz CT molecular complexity index is 460. The molecule has 1 saturated carbocycles. The maximum Gasteiger partial charge on any atom is 0.149 e. The third-order valence-electron chi connectivity index (χ3n) is 4.78. The molecule has 19 heavy (non-hydrogen) atoms. The van der Waals surface area contributed by atoms with Crippen LogP contribution < -0.4 is 0 Å². The number of aliphatic hydroxyl groups is 1. The van der Waals surface area contributed by atoms with Gasteiger partial charge in [-0.1, -0.05) is 47.2 Å². The molecular formula is C16H23BrO2. The van der Waals surface area contributed by atoms with Crippen LogP contribution in [0.4, 0.5) is 0 Å². The van der Waals surface area contributed by atoms with Crippen molar-refractivity contribution >= 4 is 21.7 Å². The average Bonchev–Trinajstić information content (AvgIpc) is 2.24. The summed E-state index contributed by atoms with van der Waals surface area (Å²) in [5, 5.41) is 10.1. The minimum absolute atomic E-state index is 0.101. The normalized spacial score (nSPS) is 39.8. The summed E-state index contributed by atoms with van der Waals surface area (Å²) in [5.74, 6) is 0.387. The summed E-state index contributed by atoms with van der Waals surface area (Å²) < 4.78 is 0. The molecule has 0 heterocycles. The Hall–Kier alpha value is -0.410. The Morgan fingerprint density at radius 2 is 2.16 bits per heavy atom. The minimum Gasteiger partial charge on any atom is -0.389 e. The molecule has 3 aliphatic carbocycles. The summed E-state index contributed by atoms with van der Waals surface area (Å²) in [6, 6.07) is 0. The fourth-order valence-electron chi connectivity index (χ4n) is 3.54. The van der Waals surface area contributed by atoms with E-state index in [4.69, 9.17) is 0 Å². The van der Waals surface area contributed by atoms with Gasteiger partial charge in [-0.05, 0) is 33.6 Å². The molecule has 4 atom stereocenters. The fourth-order valence-corrected chi connectivity index (χ4v) is 4.21. The summed E-state index contributed by atoms with van der Waals surface area (Å²) >= 11 is 3.55. The maximum atomic E-state index is 12.8. The molecule has 0 spiro atoms. The van der Waals surface area contributed by atoms with Gasteiger partial charge in [0.1, 0.15) is 5.78 Å². The van der Waals surface area contributed by atoms with Gasteiger partial charge in [-0.15, -0.1) is 0 Å². The second kappa shape index (κ2) is 4.29. The lowest BCUT2D eigenvalue weighted by atomic mass is 9.50. The van der Waals surface area contributed by atoms with Gasteiger partial charge in [0.15, 0.2) is 0 Å². The lowest BCUT2D eigenvalue weighted by Crippen LogP contribution is -2.54. The summed E-state index contributed by atoms with van der Waals surface area (Å²) in [5.41, 5.74) is -0.575. The van der Waals surface area contributed by atoms with E-state index < -0.39 is 16.4 Å². The number of alkyl halides is 1. The second-order valence-electron chi connectivity index (χ2n) is 7.16. The summed E-state index contributed by atoms with van der Waals surface area (Å²) in [6.45, 7) is 11.7. The molecule has 0 radical (unpaired) electrons. The highest BCUT2D eigenvalue weighted by Crippen LogP contribution is 2.56. The van der Waals surface area contributed by atoms with Crippen LogP contribution in [0.15, 0.2) is 24.3 Å². The Kier molecular flexibility index (Phi) is 3.38. The molecule has 3 aliphatic rings. The van der Waals surface area contributed by atoms with Crippen LogP contribution in [0.2, 0.25) is 0 Å². The van der Waals surface area contributed by atoms with Gasteiger partial charge in [-0.25, -0.2) is 0 Å². The topological polar surface area (TPSA) is 37.3 Å². The molecule has 0 saturated heterocycles. The fraction of sp³-hybridized carbons (Fsp3) is 0.688. The molecule has 3 rings (SSSR count). The van der Waals surface area contributed by atoms with Gasteiger partial charge in [0.25, 0.3) is 0 Å². The standard InChI is InChI=1S/C16H23BrO2/c1-10-8-15(4)7-6-11(10)16(5,13(15)18)9-12(17)14(2,3)19/h6-7,11-12,19H,1,8-9H2,2-5H3/t11-,12?,15+,16-/m0/s1. The monoisotopic (exact) mass is 326 g/mol. The van der Waals surface area contributed by atoms with Gasteiger partial charge >= 0.3 is 0 Å². The van der Waals surface area contributed by atoms with Crippen LogP contribution >= 0.6 is 15.9 Å². The van der Waals surface area contributed by atoms with Crippen LogP contribution in [0, 0.1) is 16.7 Å². The number of hydrogen-bond donors (Lipinski definition) is 1. The molecule has 2 bridgehead atoms. The molecule has 3 heteroatoms. The lowest BCUT2D eigenvalue weighted by molar-refractivity contribution is -0.141.